The van der Waals surface area contributed by atoms with E-state index in [-0.39, 0.29) is 30.0 Å². The molecule has 8 nitrogen and oxygen atoms in total. The van der Waals surface area contributed by atoms with Crippen molar-refractivity contribution in [2.24, 2.45) is 23.2 Å². The molecule has 0 aromatic heterocycles. The van der Waals surface area contributed by atoms with Gasteiger partial charge in [-0.3, -0.25) is 24.2 Å². The van der Waals surface area contributed by atoms with E-state index in [1.54, 1.807) is 0 Å². The van der Waals surface area contributed by atoms with E-state index >= 15 is 0 Å². The highest BCUT2D eigenvalue weighted by atomic mass is 32.2. The van der Waals surface area contributed by atoms with Crippen LogP contribution < -0.4 is 16.0 Å². The molecule has 9 heteroatoms. The predicted molar refractivity (Wildman–Crippen MR) is 112 cm³/mol. The van der Waals surface area contributed by atoms with Gasteiger partial charge in [-0.25, -0.2) is 0 Å². The summed E-state index contributed by atoms with van der Waals surface area (Å²) in [7, 11) is -3.43. The zero-order valence-electron chi connectivity index (χ0n) is 17.9. The minimum Gasteiger partial charge on any atom is -0.352 e. The first-order valence-corrected chi connectivity index (χ1v) is 13.4. The average Bonchev–Trinajstić information content (AvgIpc) is 2.68. The number of carbonyl (C=O) groups excluding carboxylic acids is 1. The molecule has 6 aliphatic rings. The summed E-state index contributed by atoms with van der Waals surface area (Å²) >= 11 is 0. The fraction of sp³-hybridized carbons (Fsp3) is 0.905. The van der Waals surface area contributed by atoms with E-state index in [2.05, 4.69) is 20.5 Å². The highest BCUT2D eigenvalue weighted by Gasteiger charge is 2.54. The Hall–Kier alpha value is -1.35. The normalized spacial score (nSPS) is 39.8. The van der Waals surface area contributed by atoms with E-state index in [9.17, 15) is 13.2 Å². The molecule has 4 bridgehead atoms. The van der Waals surface area contributed by atoms with Gasteiger partial charge in [0.25, 0.3) is 10.1 Å². The molecule has 0 spiro atoms. The second-order valence-electron chi connectivity index (χ2n) is 10.5. The first-order valence-electron chi connectivity index (χ1n) is 11.6. The Labute approximate surface area is 179 Å². The largest absolute Gasteiger partial charge is 0.352 e. The molecule has 0 unspecified atom stereocenters. The molecule has 4 saturated carbocycles. The molecule has 2 aliphatic heterocycles. The van der Waals surface area contributed by atoms with Crippen LogP contribution in [0.3, 0.4) is 0 Å². The lowest BCUT2D eigenvalue weighted by Gasteiger charge is -2.55. The Bertz CT molecular complexity index is 805. The second-order valence-corrected chi connectivity index (χ2v) is 12.1. The van der Waals surface area contributed by atoms with Crippen molar-refractivity contribution in [3.8, 4) is 0 Å². The molecular formula is C21H35N4O4S+. The zero-order chi connectivity index (χ0) is 20.9. The first kappa shape index (κ1) is 20.5. The van der Waals surface area contributed by atoms with Gasteiger partial charge in [0, 0.05) is 18.3 Å². The average molecular weight is 440 g/mol. The molecule has 0 aromatic rings. The van der Waals surface area contributed by atoms with Gasteiger partial charge in [-0.1, -0.05) is 0 Å². The van der Waals surface area contributed by atoms with Crippen molar-refractivity contribution in [1.82, 2.24) is 16.0 Å². The molecule has 1 amide bonds. The molecular weight excluding hydrogens is 404 g/mol. The Balaban J connectivity index is 1.14. The van der Waals surface area contributed by atoms with E-state index < -0.39 is 10.1 Å². The van der Waals surface area contributed by atoms with Crippen molar-refractivity contribution in [3.05, 3.63) is 0 Å². The lowest BCUT2D eigenvalue weighted by molar-refractivity contribution is -0.542. The van der Waals surface area contributed by atoms with Gasteiger partial charge in [-0.15, -0.1) is 0 Å². The summed E-state index contributed by atoms with van der Waals surface area (Å²) in [6.07, 6.45) is 10.2. The summed E-state index contributed by atoms with van der Waals surface area (Å²) in [5.74, 6) is 3.54. The third kappa shape index (κ3) is 4.20. The summed E-state index contributed by atoms with van der Waals surface area (Å²) in [5.41, 5.74) is -0.0975. The van der Waals surface area contributed by atoms with Gasteiger partial charge in [-0.05, 0) is 56.3 Å². The molecule has 0 saturated heterocycles. The van der Waals surface area contributed by atoms with Crippen LogP contribution in [0.25, 0.3) is 0 Å². The van der Waals surface area contributed by atoms with Crippen molar-refractivity contribution in [2.45, 2.75) is 63.5 Å². The monoisotopic (exact) mass is 439 g/mol. The van der Waals surface area contributed by atoms with Crippen LogP contribution in [0.15, 0.2) is 0 Å². The minimum absolute atomic E-state index is 0.0289. The van der Waals surface area contributed by atoms with Crippen molar-refractivity contribution >= 4 is 22.0 Å². The zero-order valence-corrected chi connectivity index (χ0v) is 18.7. The molecule has 0 radical (unpaired) electrons. The summed E-state index contributed by atoms with van der Waals surface area (Å²) in [4.78, 5) is 13.2. The van der Waals surface area contributed by atoms with Gasteiger partial charge in [0.05, 0.1) is 38.5 Å². The van der Waals surface area contributed by atoms with Gasteiger partial charge in [-0.2, -0.15) is 8.42 Å². The Morgan fingerprint density at radius 3 is 2.23 bits per heavy atom. The molecule has 0 aromatic carbocycles. The number of rotatable bonds is 6. The summed E-state index contributed by atoms with van der Waals surface area (Å²) in [6.45, 7) is 2.60. The lowest BCUT2D eigenvalue weighted by Crippen LogP contribution is -2.62. The van der Waals surface area contributed by atoms with Gasteiger partial charge in [0.15, 0.2) is 0 Å². The van der Waals surface area contributed by atoms with Gasteiger partial charge in [0.1, 0.15) is 6.04 Å². The Kier molecular flexibility index (Phi) is 5.24. The molecule has 2 heterocycles. The van der Waals surface area contributed by atoms with E-state index in [1.807, 2.05) is 0 Å². The second kappa shape index (κ2) is 7.65. The van der Waals surface area contributed by atoms with E-state index in [0.29, 0.717) is 6.54 Å². The van der Waals surface area contributed by atoms with Crippen molar-refractivity contribution in [2.75, 3.05) is 32.5 Å². The number of nitrogens with one attached hydrogen (secondary N) is 3. The van der Waals surface area contributed by atoms with Gasteiger partial charge >= 0.3 is 5.96 Å². The maximum atomic E-state index is 13.2. The standard InChI is InChI=1S/C21H34N4O4S/c1-30(27,28)29-13-18-3-5-25-4-2-17(23-20(25)24-18)12-22-19(26)21-9-14-6-15(10-21)8-16(7-14)11-21/h14-18H,2-13H2,1H3,(H2,22,23,24,26)/p+1/t14?,15?,16?,17-,18-,21?/m1/s1. The summed E-state index contributed by atoms with van der Waals surface area (Å²) in [6, 6.07) is 0.162. The van der Waals surface area contributed by atoms with E-state index in [0.717, 1.165) is 75.2 Å². The molecule has 30 heavy (non-hydrogen) atoms. The van der Waals surface area contributed by atoms with Crippen LogP contribution in [0.1, 0.15) is 51.4 Å². The highest BCUT2D eigenvalue weighted by Crippen LogP contribution is 2.60. The number of hydrogen-bond donors (Lipinski definition) is 3. The third-order valence-electron chi connectivity index (χ3n) is 8.01. The molecule has 168 valence electrons. The molecule has 2 atom stereocenters. The molecule has 4 aliphatic carbocycles. The number of nitrogens with zero attached hydrogens (tertiary/aromatic N) is 1. The fourth-order valence-corrected chi connectivity index (χ4v) is 7.40. The van der Waals surface area contributed by atoms with E-state index in [1.165, 1.54) is 19.3 Å². The Morgan fingerprint density at radius 1 is 1.07 bits per heavy atom. The topological polar surface area (TPSA) is 99.5 Å². The van der Waals surface area contributed by atoms with Crippen LogP contribution in [0.4, 0.5) is 0 Å². The van der Waals surface area contributed by atoms with Crippen LogP contribution >= 0.6 is 0 Å². The molecule has 3 N–H and O–H groups in total. The quantitative estimate of drug-likeness (QED) is 0.409. The van der Waals surface area contributed by atoms with Gasteiger partial charge in [0.2, 0.25) is 5.91 Å². The van der Waals surface area contributed by atoms with Crippen LogP contribution in [0, 0.1) is 23.2 Å². The smallest absolute Gasteiger partial charge is 0.346 e. The van der Waals surface area contributed by atoms with Crippen molar-refractivity contribution in [1.29, 1.82) is 0 Å². The first-order chi connectivity index (χ1) is 14.3. The van der Waals surface area contributed by atoms with E-state index in [4.69, 9.17) is 4.18 Å². The minimum atomic E-state index is -3.43. The van der Waals surface area contributed by atoms with Crippen LogP contribution in [0.2, 0.25) is 0 Å². The van der Waals surface area contributed by atoms with Crippen LogP contribution in [-0.4, -0.2) is 69.4 Å². The van der Waals surface area contributed by atoms with Crippen LogP contribution in [0.5, 0.6) is 0 Å². The van der Waals surface area contributed by atoms with Crippen molar-refractivity contribution in [3.63, 3.8) is 0 Å². The number of hydrogen-bond acceptors (Lipinski definition) is 6. The molecule has 6 rings (SSSR count). The maximum absolute atomic E-state index is 13.2. The number of amides is 1. The Morgan fingerprint density at radius 2 is 1.63 bits per heavy atom. The maximum Gasteiger partial charge on any atom is 0.346 e. The SMILES string of the molecule is CS(=O)(=O)OC[C@H]1CC[N+]2=C(N[C@@H](CNC(=O)C34CC5CC(CC(C5)C3)C4)CC2)N1. The molecule has 4 fully saturated rings. The predicted octanol–water partition coefficient (Wildman–Crippen LogP) is 0.388. The summed E-state index contributed by atoms with van der Waals surface area (Å²) in [5, 5.41) is 10.2. The lowest BCUT2D eigenvalue weighted by atomic mass is 9.49. The fourth-order valence-electron chi connectivity index (χ4n) is 6.99. The summed E-state index contributed by atoms with van der Waals surface area (Å²) < 4.78 is 29.7. The highest BCUT2D eigenvalue weighted by molar-refractivity contribution is 7.85. The van der Waals surface area contributed by atoms with Crippen LogP contribution in [-0.2, 0) is 19.1 Å². The number of carbonyl (C=O) groups is 1. The van der Waals surface area contributed by atoms with Gasteiger partial charge < -0.3 is 5.32 Å². The number of guanidine groups is 1. The third-order valence-corrected chi connectivity index (χ3v) is 8.57. The van der Waals surface area contributed by atoms with Crippen molar-refractivity contribution < 1.29 is 22.0 Å².